The van der Waals surface area contributed by atoms with E-state index in [1.807, 2.05) is 0 Å². The molecule has 6 heteroatoms. The molecule has 0 spiro atoms. The van der Waals surface area contributed by atoms with E-state index in [1.54, 1.807) is 6.07 Å². The highest BCUT2D eigenvalue weighted by Crippen LogP contribution is 2.06. The molecule has 1 fully saturated rings. The molecule has 2 rings (SSSR count). The minimum absolute atomic E-state index is 0.0785. The van der Waals surface area contributed by atoms with Crippen LogP contribution in [0.4, 0.5) is 5.82 Å². The Kier molecular flexibility index (Phi) is 2.77. The first-order valence-electron chi connectivity index (χ1n) is 4.68. The first kappa shape index (κ1) is 9.85. The Balaban J connectivity index is 2.07. The largest absolute Gasteiger partial charge is 0.463 e. The molecule has 1 aromatic rings. The number of nitrogens with one attached hydrogen (secondary N) is 2. The molecule has 0 aliphatic carbocycles. The molecule has 80 valence electrons. The first-order valence-corrected chi connectivity index (χ1v) is 4.68. The van der Waals surface area contributed by atoms with Gasteiger partial charge in [0.05, 0.1) is 13.2 Å². The molecular formula is C9H12N4O2. The van der Waals surface area contributed by atoms with Gasteiger partial charge in [0, 0.05) is 19.3 Å². The first-order chi connectivity index (χ1) is 7.29. The van der Waals surface area contributed by atoms with Crippen molar-refractivity contribution in [3.8, 4) is 0 Å². The Labute approximate surface area is 87.1 Å². The third kappa shape index (κ3) is 2.21. The van der Waals surface area contributed by atoms with Gasteiger partial charge in [-0.1, -0.05) is 0 Å². The molecule has 0 unspecified atom stereocenters. The maximum absolute atomic E-state index is 11.1. The third-order valence-electron chi connectivity index (χ3n) is 2.16. The number of methoxy groups -OCH3 is 1. The predicted octanol–water partition coefficient (Wildman–Crippen LogP) is -0.353. The SMILES string of the molecule is COC(=O)c1nccc(NC2CNC2)n1. The zero-order valence-corrected chi connectivity index (χ0v) is 8.36. The Morgan fingerprint density at radius 2 is 2.47 bits per heavy atom. The standard InChI is InChI=1S/C9H12N4O2/c1-15-9(14)8-11-3-2-7(13-8)12-6-4-10-5-6/h2-3,6,10H,4-5H2,1H3,(H,11,12,13). The molecule has 1 aliphatic heterocycles. The van der Waals surface area contributed by atoms with Crippen molar-refractivity contribution in [2.24, 2.45) is 0 Å². The molecule has 0 saturated carbocycles. The molecule has 1 saturated heterocycles. The second-order valence-electron chi connectivity index (χ2n) is 3.26. The second kappa shape index (κ2) is 4.22. The highest BCUT2D eigenvalue weighted by molar-refractivity contribution is 5.85. The summed E-state index contributed by atoms with van der Waals surface area (Å²) >= 11 is 0. The fraction of sp³-hybridized carbons (Fsp3) is 0.444. The van der Waals surface area contributed by atoms with Crippen molar-refractivity contribution in [3.63, 3.8) is 0 Å². The van der Waals surface area contributed by atoms with Crippen molar-refractivity contribution in [3.05, 3.63) is 18.1 Å². The van der Waals surface area contributed by atoms with E-state index in [0.29, 0.717) is 11.9 Å². The fourth-order valence-electron chi connectivity index (χ4n) is 1.23. The normalized spacial score (nSPS) is 15.5. The zero-order valence-electron chi connectivity index (χ0n) is 8.36. The zero-order chi connectivity index (χ0) is 10.7. The second-order valence-corrected chi connectivity index (χ2v) is 3.26. The van der Waals surface area contributed by atoms with Crippen LogP contribution in [0.15, 0.2) is 12.3 Å². The summed E-state index contributed by atoms with van der Waals surface area (Å²) in [4.78, 5) is 19.0. The van der Waals surface area contributed by atoms with Gasteiger partial charge >= 0.3 is 5.97 Å². The van der Waals surface area contributed by atoms with Crippen LogP contribution in [0.5, 0.6) is 0 Å². The quantitative estimate of drug-likeness (QED) is 0.661. The van der Waals surface area contributed by atoms with Crippen LogP contribution in [0.1, 0.15) is 10.6 Å². The molecule has 0 radical (unpaired) electrons. The van der Waals surface area contributed by atoms with Gasteiger partial charge in [-0.3, -0.25) is 0 Å². The predicted molar refractivity (Wildman–Crippen MR) is 53.7 cm³/mol. The lowest BCUT2D eigenvalue weighted by Crippen LogP contribution is -2.51. The molecule has 6 nitrogen and oxygen atoms in total. The third-order valence-corrected chi connectivity index (χ3v) is 2.16. The molecule has 15 heavy (non-hydrogen) atoms. The van der Waals surface area contributed by atoms with E-state index in [1.165, 1.54) is 13.3 Å². The Morgan fingerprint density at radius 3 is 3.07 bits per heavy atom. The van der Waals surface area contributed by atoms with Gasteiger partial charge in [0.25, 0.3) is 0 Å². The van der Waals surface area contributed by atoms with Crippen LogP contribution in [-0.4, -0.2) is 42.2 Å². The van der Waals surface area contributed by atoms with Crippen molar-refractivity contribution in [1.29, 1.82) is 0 Å². The van der Waals surface area contributed by atoms with Crippen LogP contribution in [0.2, 0.25) is 0 Å². The Morgan fingerprint density at radius 1 is 1.67 bits per heavy atom. The van der Waals surface area contributed by atoms with Gasteiger partial charge in [-0.05, 0) is 6.07 Å². The number of aromatic nitrogens is 2. The summed E-state index contributed by atoms with van der Waals surface area (Å²) in [6, 6.07) is 2.11. The summed E-state index contributed by atoms with van der Waals surface area (Å²) in [6.07, 6.45) is 1.54. The maximum atomic E-state index is 11.1. The number of ether oxygens (including phenoxy) is 1. The van der Waals surface area contributed by atoms with E-state index in [9.17, 15) is 4.79 Å². The molecule has 0 bridgehead atoms. The lowest BCUT2D eigenvalue weighted by molar-refractivity contribution is 0.0587. The van der Waals surface area contributed by atoms with Gasteiger partial charge < -0.3 is 15.4 Å². The number of carbonyl (C=O) groups is 1. The van der Waals surface area contributed by atoms with Crippen LogP contribution < -0.4 is 10.6 Å². The molecule has 0 amide bonds. The number of rotatable bonds is 3. The summed E-state index contributed by atoms with van der Waals surface area (Å²) in [5.41, 5.74) is 0. The van der Waals surface area contributed by atoms with Crippen LogP contribution >= 0.6 is 0 Å². The van der Waals surface area contributed by atoms with Crippen LogP contribution in [-0.2, 0) is 4.74 Å². The summed E-state index contributed by atoms with van der Waals surface area (Å²) in [7, 11) is 1.31. The molecular weight excluding hydrogens is 196 g/mol. The van der Waals surface area contributed by atoms with Gasteiger partial charge in [-0.15, -0.1) is 0 Å². The highest BCUT2D eigenvalue weighted by atomic mass is 16.5. The van der Waals surface area contributed by atoms with Gasteiger partial charge in [0.2, 0.25) is 5.82 Å². The van der Waals surface area contributed by atoms with E-state index in [2.05, 4.69) is 25.3 Å². The lowest BCUT2D eigenvalue weighted by Gasteiger charge is -2.28. The average molecular weight is 208 g/mol. The van der Waals surface area contributed by atoms with Crippen molar-refractivity contribution < 1.29 is 9.53 Å². The van der Waals surface area contributed by atoms with E-state index >= 15 is 0 Å². The Hall–Kier alpha value is -1.69. The van der Waals surface area contributed by atoms with Crippen molar-refractivity contribution in [2.45, 2.75) is 6.04 Å². The molecule has 1 aliphatic rings. The van der Waals surface area contributed by atoms with Crippen molar-refractivity contribution >= 4 is 11.8 Å². The van der Waals surface area contributed by atoms with Crippen molar-refractivity contribution in [2.75, 3.05) is 25.5 Å². The van der Waals surface area contributed by atoms with Crippen LogP contribution in [0.3, 0.4) is 0 Å². The van der Waals surface area contributed by atoms with Crippen LogP contribution in [0, 0.1) is 0 Å². The lowest BCUT2D eigenvalue weighted by atomic mass is 10.2. The number of anilines is 1. The molecule has 2 heterocycles. The number of carbonyl (C=O) groups excluding carboxylic acids is 1. The monoisotopic (exact) mass is 208 g/mol. The average Bonchev–Trinajstić information content (AvgIpc) is 2.23. The van der Waals surface area contributed by atoms with E-state index in [0.717, 1.165) is 13.1 Å². The summed E-state index contributed by atoms with van der Waals surface area (Å²) in [5, 5.41) is 6.31. The number of nitrogens with zero attached hydrogens (tertiary/aromatic N) is 2. The number of esters is 1. The van der Waals surface area contributed by atoms with E-state index < -0.39 is 5.97 Å². The number of hydrogen-bond donors (Lipinski definition) is 2. The van der Waals surface area contributed by atoms with Crippen molar-refractivity contribution in [1.82, 2.24) is 15.3 Å². The smallest absolute Gasteiger partial charge is 0.376 e. The fourth-order valence-corrected chi connectivity index (χ4v) is 1.23. The maximum Gasteiger partial charge on any atom is 0.376 e. The minimum Gasteiger partial charge on any atom is -0.463 e. The molecule has 0 aromatic carbocycles. The molecule has 1 aromatic heterocycles. The summed E-state index contributed by atoms with van der Waals surface area (Å²) < 4.78 is 4.53. The van der Waals surface area contributed by atoms with Crippen LogP contribution in [0.25, 0.3) is 0 Å². The van der Waals surface area contributed by atoms with Gasteiger partial charge in [-0.2, -0.15) is 0 Å². The summed E-state index contributed by atoms with van der Waals surface area (Å²) in [5.74, 6) is 0.206. The van der Waals surface area contributed by atoms with Gasteiger partial charge in [-0.25, -0.2) is 14.8 Å². The minimum atomic E-state index is -0.523. The topological polar surface area (TPSA) is 76.1 Å². The highest BCUT2D eigenvalue weighted by Gasteiger charge is 2.17. The van der Waals surface area contributed by atoms with Gasteiger partial charge in [0.1, 0.15) is 5.82 Å². The Bertz CT molecular complexity index is 365. The molecule has 2 N–H and O–H groups in total. The van der Waals surface area contributed by atoms with E-state index in [4.69, 9.17) is 0 Å². The summed E-state index contributed by atoms with van der Waals surface area (Å²) in [6.45, 7) is 1.83. The number of hydrogen-bond acceptors (Lipinski definition) is 6. The van der Waals surface area contributed by atoms with E-state index in [-0.39, 0.29) is 5.82 Å². The molecule has 0 atom stereocenters. The van der Waals surface area contributed by atoms with Gasteiger partial charge in [0.15, 0.2) is 0 Å².